The lowest BCUT2D eigenvalue weighted by Crippen LogP contribution is -2.37. The summed E-state index contributed by atoms with van der Waals surface area (Å²) in [5, 5.41) is 6.54. The monoisotopic (exact) mass is 334 g/mol. The van der Waals surface area contributed by atoms with Crippen molar-refractivity contribution in [3.63, 3.8) is 0 Å². The van der Waals surface area contributed by atoms with Gasteiger partial charge in [0.15, 0.2) is 5.65 Å². The number of morpholine rings is 1. The molecule has 3 aromatic heterocycles. The lowest BCUT2D eigenvalue weighted by molar-refractivity contribution is 0.122. The molecular weight excluding hydrogens is 316 g/mol. The number of aryl methyl sites for hydroxylation is 1. The minimum absolute atomic E-state index is 0.705. The summed E-state index contributed by atoms with van der Waals surface area (Å²) in [6.07, 6.45) is 3.79. The van der Waals surface area contributed by atoms with Gasteiger partial charge in [0.05, 0.1) is 30.5 Å². The number of benzene rings is 1. The first-order chi connectivity index (χ1) is 12.3. The van der Waals surface area contributed by atoms with Crippen LogP contribution in [0, 0.1) is 0 Å². The predicted molar refractivity (Wildman–Crippen MR) is 96.6 cm³/mol. The van der Waals surface area contributed by atoms with Crippen LogP contribution in [-0.4, -0.2) is 51.0 Å². The van der Waals surface area contributed by atoms with Crippen LogP contribution in [-0.2, 0) is 11.8 Å². The molecule has 4 aromatic rings. The molecule has 0 saturated carbocycles. The molecule has 0 bridgehead atoms. The number of anilines is 1. The SMILES string of the molecule is Cn1ncc2c(-c3ccc4cc[nH]c4c3)nc(N3CCOCC3)nc21. The average molecular weight is 334 g/mol. The fraction of sp³-hybridized carbons (Fsp3) is 0.278. The van der Waals surface area contributed by atoms with Gasteiger partial charge in [0.1, 0.15) is 0 Å². The third-order valence-electron chi connectivity index (χ3n) is 4.70. The molecule has 0 amide bonds. The van der Waals surface area contributed by atoms with Gasteiger partial charge in [-0.05, 0) is 17.5 Å². The first kappa shape index (κ1) is 14.4. The Morgan fingerprint density at radius 1 is 1.12 bits per heavy atom. The van der Waals surface area contributed by atoms with Crippen molar-refractivity contribution in [3.05, 3.63) is 36.7 Å². The van der Waals surface area contributed by atoms with Gasteiger partial charge in [-0.3, -0.25) is 4.68 Å². The van der Waals surface area contributed by atoms with Crippen LogP contribution < -0.4 is 4.90 Å². The molecule has 0 atom stereocenters. The summed E-state index contributed by atoms with van der Waals surface area (Å²) in [5.41, 5.74) is 3.92. The van der Waals surface area contributed by atoms with E-state index in [1.807, 2.05) is 19.4 Å². The number of hydrogen-bond donors (Lipinski definition) is 1. The molecule has 0 spiro atoms. The van der Waals surface area contributed by atoms with E-state index < -0.39 is 0 Å². The Morgan fingerprint density at radius 3 is 2.88 bits per heavy atom. The molecule has 7 nitrogen and oxygen atoms in total. The molecule has 7 heteroatoms. The van der Waals surface area contributed by atoms with E-state index in [0.29, 0.717) is 13.2 Å². The van der Waals surface area contributed by atoms with Crippen LogP contribution in [0.2, 0.25) is 0 Å². The van der Waals surface area contributed by atoms with Gasteiger partial charge in [-0.25, -0.2) is 4.98 Å². The van der Waals surface area contributed by atoms with Gasteiger partial charge in [0, 0.05) is 37.4 Å². The van der Waals surface area contributed by atoms with E-state index in [1.165, 1.54) is 5.39 Å². The molecule has 1 aromatic carbocycles. The molecular formula is C18H18N6O. The van der Waals surface area contributed by atoms with Gasteiger partial charge in [-0.15, -0.1) is 0 Å². The van der Waals surface area contributed by atoms with E-state index in [4.69, 9.17) is 14.7 Å². The lowest BCUT2D eigenvalue weighted by atomic mass is 10.1. The van der Waals surface area contributed by atoms with E-state index in [9.17, 15) is 0 Å². The van der Waals surface area contributed by atoms with Crippen LogP contribution in [0.5, 0.6) is 0 Å². The maximum Gasteiger partial charge on any atom is 0.228 e. The Hall–Kier alpha value is -2.93. The Balaban J connectivity index is 1.72. The van der Waals surface area contributed by atoms with Crippen LogP contribution in [0.15, 0.2) is 36.7 Å². The van der Waals surface area contributed by atoms with E-state index >= 15 is 0 Å². The van der Waals surface area contributed by atoms with Gasteiger partial charge in [0.25, 0.3) is 0 Å². The molecule has 1 saturated heterocycles. The molecule has 4 heterocycles. The molecule has 1 N–H and O–H groups in total. The third-order valence-corrected chi connectivity index (χ3v) is 4.70. The molecule has 0 unspecified atom stereocenters. The second kappa shape index (κ2) is 5.56. The summed E-state index contributed by atoms with van der Waals surface area (Å²) in [7, 11) is 1.91. The number of nitrogens with one attached hydrogen (secondary N) is 1. The smallest absolute Gasteiger partial charge is 0.228 e. The highest BCUT2D eigenvalue weighted by Crippen LogP contribution is 2.30. The van der Waals surface area contributed by atoms with Gasteiger partial charge in [0.2, 0.25) is 5.95 Å². The van der Waals surface area contributed by atoms with Crippen LogP contribution >= 0.6 is 0 Å². The zero-order valence-electron chi connectivity index (χ0n) is 13.9. The number of nitrogens with zero attached hydrogens (tertiary/aromatic N) is 5. The van der Waals surface area contributed by atoms with E-state index in [1.54, 1.807) is 4.68 Å². The molecule has 0 aliphatic carbocycles. The van der Waals surface area contributed by atoms with Crippen LogP contribution in [0.4, 0.5) is 5.95 Å². The summed E-state index contributed by atoms with van der Waals surface area (Å²) < 4.78 is 7.26. The highest BCUT2D eigenvalue weighted by molar-refractivity contribution is 5.94. The maximum atomic E-state index is 5.45. The van der Waals surface area contributed by atoms with Crippen LogP contribution in [0.1, 0.15) is 0 Å². The van der Waals surface area contributed by atoms with Gasteiger partial charge in [-0.1, -0.05) is 12.1 Å². The number of fused-ring (bicyclic) bond motifs is 2. The molecule has 5 rings (SSSR count). The Labute approximate surface area is 144 Å². The van der Waals surface area contributed by atoms with Crippen molar-refractivity contribution in [1.82, 2.24) is 24.7 Å². The van der Waals surface area contributed by atoms with Crippen LogP contribution in [0.25, 0.3) is 33.2 Å². The minimum Gasteiger partial charge on any atom is -0.378 e. The molecule has 0 radical (unpaired) electrons. The predicted octanol–water partition coefficient (Wildman–Crippen LogP) is 2.35. The summed E-state index contributed by atoms with van der Waals surface area (Å²) in [6, 6.07) is 8.42. The van der Waals surface area contributed by atoms with Crippen molar-refractivity contribution in [2.45, 2.75) is 0 Å². The molecule has 1 fully saturated rings. The highest BCUT2D eigenvalue weighted by atomic mass is 16.5. The van der Waals surface area contributed by atoms with Crippen molar-refractivity contribution in [2.75, 3.05) is 31.2 Å². The lowest BCUT2D eigenvalue weighted by Gasteiger charge is -2.27. The Morgan fingerprint density at radius 2 is 2.00 bits per heavy atom. The van der Waals surface area contributed by atoms with Crippen molar-refractivity contribution < 1.29 is 4.74 Å². The number of ether oxygens (including phenoxy) is 1. The zero-order valence-corrected chi connectivity index (χ0v) is 13.9. The second-order valence-corrected chi connectivity index (χ2v) is 6.26. The van der Waals surface area contributed by atoms with Crippen molar-refractivity contribution >= 4 is 27.9 Å². The van der Waals surface area contributed by atoms with Crippen LogP contribution in [0.3, 0.4) is 0 Å². The quantitative estimate of drug-likeness (QED) is 0.609. The number of rotatable bonds is 2. The number of hydrogen-bond acceptors (Lipinski definition) is 5. The molecule has 1 aliphatic rings. The normalized spacial score (nSPS) is 15.3. The fourth-order valence-corrected chi connectivity index (χ4v) is 3.33. The third kappa shape index (κ3) is 2.35. The summed E-state index contributed by atoms with van der Waals surface area (Å²) in [5.74, 6) is 0.737. The van der Waals surface area contributed by atoms with Crippen molar-refractivity contribution in [1.29, 1.82) is 0 Å². The minimum atomic E-state index is 0.705. The first-order valence-electron chi connectivity index (χ1n) is 8.39. The zero-order chi connectivity index (χ0) is 16.8. The molecule has 1 aliphatic heterocycles. The summed E-state index contributed by atoms with van der Waals surface area (Å²) in [6.45, 7) is 3.02. The van der Waals surface area contributed by atoms with E-state index in [2.05, 4.69) is 39.2 Å². The van der Waals surface area contributed by atoms with Gasteiger partial charge in [-0.2, -0.15) is 10.1 Å². The topological polar surface area (TPSA) is 71.9 Å². The molecule has 126 valence electrons. The number of aromatic amines is 1. The van der Waals surface area contributed by atoms with E-state index in [0.717, 1.165) is 46.8 Å². The standard InChI is InChI=1S/C18H18N6O/c1-23-17-14(11-20-23)16(13-3-2-12-4-5-19-15(12)10-13)21-18(22-17)24-6-8-25-9-7-24/h2-5,10-11,19H,6-9H2,1H3. The van der Waals surface area contributed by atoms with E-state index in [-0.39, 0.29) is 0 Å². The maximum absolute atomic E-state index is 5.45. The number of H-pyrrole nitrogens is 1. The summed E-state index contributed by atoms with van der Waals surface area (Å²) >= 11 is 0. The van der Waals surface area contributed by atoms with Gasteiger partial charge < -0.3 is 14.6 Å². The van der Waals surface area contributed by atoms with Gasteiger partial charge >= 0.3 is 0 Å². The Kier molecular flexibility index (Phi) is 3.21. The Bertz CT molecular complexity index is 1060. The second-order valence-electron chi connectivity index (χ2n) is 6.26. The average Bonchev–Trinajstić information content (AvgIpc) is 3.28. The van der Waals surface area contributed by atoms with Crippen molar-refractivity contribution in [2.24, 2.45) is 7.05 Å². The molecule has 25 heavy (non-hydrogen) atoms. The highest BCUT2D eigenvalue weighted by Gasteiger charge is 2.19. The van der Waals surface area contributed by atoms with Crippen molar-refractivity contribution in [3.8, 4) is 11.3 Å². The fourth-order valence-electron chi connectivity index (χ4n) is 3.33. The number of aromatic nitrogens is 5. The summed E-state index contributed by atoms with van der Waals surface area (Å²) in [4.78, 5) is 15.1. The first-order valence-corrected chi connectivity index (χ1v) is 8.39. The largest absolute Gasteiger partial charge is 0.378 e.